The highest BCUT2D eigenvalue weighted by Crippen LogP contribution is 2.25. The maximum Gasteiger partial charge on any atom is 0.240 e. The van der Waals surface area contributed by atoms with E-state index in [1.165, 1.54) is 39.0 Å². The highest BCUT2D eigenvalue weighted by Gasteiger charge is 2.16. The molecule has 1 fully saturated rings. The third-order valence-corrected chi connectivity index (χ3v) is 5.35. The van der Waals surface area contributed by atoms with Crippen LogP contribution in [0.3, 0.4) is 0 Å². The normalized spacial score (nSPS) is 16.3. The molecule has 1 aliphatic heterocycles. The number of rotatable bonds is 6. The summed E-state index contributed by atoms with van der Waals surface area (Å²) in [5, 5.41) is 0. The lowest BCUT2D eigenvalue weighted by Crippen LogP contribution is -2.31. The molecular weight excluding hydrogens is 288 g/mol. The lowest BCUT2D eigenvalue weighted by Gasteiger charge is -2.24. The second-order valence-electron chi connectivity index (χ2n) is 5.40. The van der Waals surface area contributed by atoms with Gasteiger partial charge in [-0.15, -0.1) is 0 Å². The number of benzene rings is 1. The standard InChI is InChI=1S/C14H24N4O2S/c1-16-21(19,20)12-5-6-14(13(15)11-12)17(2)9-10-18-7-3-4-8-18/h5-6,11,16H,3-4,7-10,15H2,1-2H3. The zero-order chi connectivity index (χ0) is 15.5. The van der Waals surface area contributed by atoms with Crippen molar-refractivity contribution in [2.24, 2.45) is 0 Å². The minimum absolute atomic E-state index is 0.194. The average molecular weight is 312 g/mol. The molecule has 118 valence electrons. The van der Waals surface area contributed by atoms with Crippen molar-refractivity contribution in [3.05, 3.63) is 18.2 Å². The largest absolute Gasteiger partial charge is 0.397 e. The average Bonchev–Trinajstić information content (AvgIpc) is 2.98. The smallest absolute Gasteiger partial charge is 0.240 e. The Hall–Kier alpha value is -1.31. The number of likely N-dealkylation sites (N-methyl/N-ethyl adjacent to an activating group) is 1. The summed E-state index contributed by atoms with van der Waals surface area (Å²) in [7, 11) is -0.0746. The molecule has 1 saturated heterocycles. The minimum Gasteiger partial charge on any atom is -0.397 e. The van der Waals surface area contributed by atoms with Gasteiger partial charge in [0.15, 0.2) is 0 Å². The van der Waals surface area contributed by atoms with E-state index in [0.717, 1.165) is 18.8 Å². The summed E-state index contributed by atoms with van der Waals surface area (Å²) in [6.45, 7) is 4.22. The summed E-state index contributed by atoms with van der Waals surface area (Å²) in [4.78, 5) is 4.70. The number of anilines is 2. The van der Waals surface area contributed by atoms with Crippen LogP contribution >= 0.6 is 0 Å². The third-order valence-electron chi connectivity index (χ3n) is 3.94. The van der Waals surface area contributed by atoms with Gasteiger partial charge in [-0.3, -0.25) is 0 Å². The van der Waals surface area contributed by atoms with Crippen molar-refractivity contribution in [1.29, 1.82) is 0 Å². The molecule has 3 N–H and O–H groups in total. The zero-order valence-corrected chi connectivity index (χ0v) is 13.5. The van der Waals surface area contributed by atoms with Crippen molar-refractivity contribution in [2.45, 2.75) is 17.7 Å². The number of nitrogen functional groups attached to an aromatic ring is 1. The topological polar surface area (TPSA) is 78.7 Å². The summed E-state index contributed by atoms with van der Waals surface area (Å²) >= 11 is 0. The van der Waals surface area contributed by atoms with E-state index in [9.17, 15) is 8.42 Å². The molecule has 0 saturated carbocycles. The Kier molecular flexibility index (Phi) is 5.08. The monoisotopic (exact) mass is 312 g/mol. The van der Waals surface area contributed by atoms with Crippen LogP contribution in [0.1, 0.15) is 12.8 Å². The van der Waals surface area contributed by atoms with E-state index in [1.54, 1.807) is 12.1 Å². The van der Waals surface area contributed by atoms with Crippen molar-refractivity contribution < 1.29 is 8.42 Å². The Bertz CT molecular complexity index is 583. The molecular formula is C14H24N4O2S. The molecule has 0 amide bonds. The van der Waals surface area contributed by atoms with E-state index in [-0.39, 0.29) is 4.90 Å². The summed E-state index contributed by atoms with van der Waals surface area (Å²) < 4.78 is 25.8. The number of sulfonamides is 1. The molecule has 0 spiro atoms. The van der Waals surface area contributed by atoms with Crippen LogP contribution in [0.4, 0.5) is 11.4 Å². The van der Waals surface area contributed by atoms with E-state index < -0.39 is 10.0 Å². The van der Waals surface area contributed by atoms with E-state index in [4.69, 9.17) is 5.73 Å². The van der Waals surface area contributed by atoms with Crippen LogP contribution in [-0.4, -0.2) is 53.6 Å². The fraction of sp³-hybridized carbons (Fsp3) is 0.571. The molecule has 0 bridgehead atoms. The van der Waals surface area contributed by atoms with E-state index in [1.807, 2.05) is 7.05 Å². The van der Waals surface area contributed by atoms with Crippen LogP contribution < -0.4 is 15.4 Å². The Morgan fingerprint density at radius 3 is 2.57 bits per heavy atom. The molecule has 0 unspecified atom stereocenters. The maximum absolute atomic E-state index is 11.7. The Labute approximate surface area is 127 Å². The van der Waals surface area contributed by atoms with Crippen LogP contribution in [0.15, 0.2) is 23.1 Å². The fourth-order valence-electron chi connectivity index (χ4n) is 2.58. The second kappa shape index (κ2) is 6.64. The number of nitrogens with one attached hydrogen (secondary N) is 1. The fourth-order valence-corrected chi connectivity index (χ4v) is 3.35. The van der Waals surface area contributed by atoms with Crippen LogP contribution in [-0.2, 0) is 10.0 Å². The molecule has 2 rings (SSSR count). The van der Waals surface area contributed by atoms with Gasteiger partial charge in [0.1, 0.15) is 0 Å². The highest BCUT2D eigenvalue weighted by molar-refractivity contribution is 7.89. The first-order valence-corrected chi connectivity index (χ1v) is 8.69. The SMILES string of the molecule is CNS(=O)(=O)c1ccc(N(C)CCN2CCCC2)c(N)c1. The number of hydrogen-bond acceptors (Lipinski definition) is 5. The molecule has 1 aliphatic rings. The van der Waals surface area contributed by atoms with Crippen molar-refractivity contribution in [2.75, 3.05) is 50.9 Å². The molecule has 1 aromatic rings. The number of likely N-dealkylation sites (tertiary alicyclic amines) is 1. The molecule has 1 heterocycles. The Morgan fingerprint density at radius 1 is 1.33 bits per heavy atom. The van der Waals surface area contributed by atoms with Crippen LogP contribution in [0.25, 0.3) is 0 Å². The van der Waals surface area contributed by atoms with Gasteiger partial charge in [0.05, 0.1) is 16.3 Å². The first-order valence-electron chi connectivity index (χ1n) is 7.20. The van der Waals surface area contributed by atoms with Gasteiger partial charge in [-0.25, -0.2) is 13.1 Å². The summed E-state index contributed by atoms with van der Waals surface area (Å²) in [5.41, 5.74) is 7.36. The van der Waals surface area contributed by atoms with Gasteiger partial charge in [-0.1, -0.05) is 0 Å². The van der Waals surface area contributed by atoms with E-state index >= 15 is 0 Å². The zero-order valence-electron chi connectivity index (χ0n) is 12.7. The van der Waals surface area contributed by atoms with Gasteiger partial charge in [0.2, 0.25) is 10.0 Å². The summed E-state index contributed by atoms with van der Waals surface area (Å²) in [6.07, 6.45) is 2.56. The molecule has 0 aliphatic carbocycles. The Balaban J connectivity index is 2.05. The molecule has 0 radical (unpaired) electrons. The van der Waals surface area contributed by atoms with Crippen molar-refractivity contribution in [3.63, 3.8) is 0 Å². The highest BCUT2D eigenvalue weighted by atomic mass is 32.2. The van der Waals surface area contributed by atoms with Gasteiger partial charge >= 0.3 is 0 Å². The predicted molar refractivity (Wildman–Crippen MR) is 86.0 cm³/mol. The van der Waals surface area contributed by atoms with Crippen molar-refractivity contribution in [1.82, 2.24) is 9.62 Å². The predicted octanol–water partition coefficient (Wildman–Crippen LogP) is 0.709. The number of nitrogens with two attached hydrogens (primary N) is 1. The molecule has 0 atom stereocenters. The minimum atomic E-state index is -3.45. The molecule has 6 nitrogen and oxygen atoms in total. The van der Waals surface area contributed by atoms with Gasteiger partial charge < -0.3 is 15.5 Å². The molecule has 7 heteroatoms. The lowest BCUT2D eigenvalue weighted by molar-refractivity contribution is 0.347. The van der Waals surface area contributed by atoms with Gasteiger partial charge in [-0.2, -0.15) is 0 Å². The number of hydrogen-bond donors (Lipinski definition) is 2. The van der Waals surface area contributed by atoms with Gasteiger partial charge in [-0.05, 0) is 51.2 Å². The van der Waals surface area contributed by atoms with E-state index in [2.05, 4.69) is 14.5 Å². The van der Waals surface area contributed by atoms with E-state index in [0.29, 0.717) is 5.69 Å². The van der Waals surface area contributed by atoms with Gasteiger partial charge in [0.25, 0.3) is 0 Å². The lowest BCUT2D eigenvalue weighted by atomic mass is 10.2. The van der Waals surface area contributed by atoms with Crippen molar-refractivity contribution in [3.8, 4) is 0 Å². The quantitative estimate of drug-likeness (QED) is 0.756. The molecule has 21 heavy (non-hydrogen) atoms. The second-order valence-corrected chi connectivity index (χ2v) is 7.29. The number of nitrogens with zero attached hydrogens (tertiary/aromatic N) is 2. The molecule has 1 aromatic carbocycles. The van der Waals surface area contributed by atoms with Crippen LogP contribution in [0, 0.1) is 0 Å². The van der Waals surface area contributed by atoms with Crippen LogP contribution in [0.5, 0.6) is 0 Å². The summed E-state index contributed by atoms with van der Waals surface area (Å²) in [6, 6.07) is 4.86. The third kappa shape index (κ3) is 3.87. The first-order chi connectivity index (χ1) is 9.94. The summed E-state index contributed by atoms with van der Waals surface area (Å²) in [5.74, 6) is 0. The van der Waals surface area contributed by atoms with Crippen LogP contribution in [0.2, 0.25) is 0 Å². The van der Waals surface area contributed by atoms with Crippen molar-refractivity contribution >= 4 is 21.4 Å². The first kappa shape index (κ1) is 16.1. The Morgan fingerprint density at radius 2 is 2.00 bits per heavy atom. The maximum atomic E-state index is 11.7. The van der Waals surface area contributed by atoms with Gasteiger partial charge in [0, 0.05) is 20.1 Å². The molecule has 0 aromatic heterocycles.